The third kappa shape index (κ3) is 2.18. The largest absolute Gasteiger partial charge is 0.388 e. The van der Waals surface area contributed by atoms with E-state index in [1.54, 1.807) is 6.33 Å². The van der Waals surface area contributed by atoms with Crippen LogP contribution < -0.4 is 0 Å². The Morgan fingerprint density at radius 2 is 2.27 bits per heavy atom. The molecule has 0 bridgehead atoms. The van der Waals surface area contributed by atoms with Gasteiger partial charge in [-0.15, -0.1) is 10.2 Å². The van der Waals surface area contributed by atoms with Gasteiger partial charge in [-0.2, -0.15) is 11.8 Å². The number of aliphatic hydroxyl groups is 1. The molecule has 0 unspecified atom stereocenters. The molecule has 15 heavy (non-hydrogen) atoms. The van der Waals surface area contributed by atoms with Gasteiger partial charge in [-0.25, -0.2) is 0 Å². The monoisotopic (exact) mass is 227 g/mol. The van der Waals surface area contributed by atoms with E-state index < -0.39 is 0 Å². The lowest BCUT2D eigenvalue weighted by Crippen LogP contribution is -2.27. The smallest absolute Gasteiger partial charge is 0.158 e. The number of hydrogen-bond donors (Lipinski definition) is 1. The Kier molecular flexibility index (Phi) is 3.31. The van der Waals surface area contributed by atoms with Gasteiger partial charge in [-0.3, -0.25) is 0 Å². The first-order valence-electron chi connectivity index (χ1n) is 5.32. The van der Waals surface area contributed by atoms with Gasteiger partial charge >= 0.3 is 0 Å². The van der Waals surface area contributed by atoms with E-state index in [2.05, 4.69) is 16.5 Å². The first kappa shape index (κ1) is 11.0. The van der Waals surface area contributed by atoms with Crippen molar-refractivity contribution in [2.45, 2.75) is 43.6 Å². The molecule has 1 heterocycles. The van der Waals surface area contributed by atoms with Gasteiger partial charge in [0, 0.05) is 11.3 Å². The van der Waals surface area contributed by atoms with Gasteiger partial charge < -0.3 is 9.67 Å². The summed E-state index contributed by atoms with van der Waals surface area (Å²) in [4.78, 5) is 0. The molecule has 0 saturated heterocycles. The van der Waals surface area contributed by atoms with Crippen LogP contribution in [0.15, 0.2) is 6.33 Å². The van der Waals surface area contributed by atoms with Crippen LogP contribution in [0, 0.1) is 0 Å². The summed E-state index contributed by atoms with van der Waals surface area (Å²) >= 11 is 1.94. The van der Waals surface area contributed by atoms with Crippen molar-refractivity contribution >= 4 is 11.8 Å². The lowest BCUT2D eigenvalue weighted by atomic mass is 10.1. The molecule has 0 aliphatic heterocycles. The molecule has 0 amide bonds. The third-order valence-corrected chi connectivity index (χ3v) is 4.65. The molecule has 1 aliphatic carbocycles. The molecule has 4 nitrogen and oxygen atoms in total. The maximum atomic E-state index is 9.11. The first-order chi connectivity index (χ1) is 7.29. The lowest BCUT2D eigenvalue weighted by molar-refractivity contribution is 0.262. The Bertz CT molecular complexity index is 320. The zero-order valence-corrected chi connectivity index (χ0v) is 9.83. The number of hydrogen-bond acceptors (Lipinski definition) is 4. The molecular formula is C10H17N3OS. The quantitative estimate of drug-likeness (QED) is 0.845. The average molecular weight is 227 g/mol. The topological polar surface area (TPSA) is 50.9 Å². The maximum absolute atomic E-state index is 9.11. The zero-order chi connectivity index (χ0) is 10.7. The highest BCUT2D eigenvalue weighted by Crippen LogP contribution is 2.41. The summed E-state index contributed by atoms with van der Waals surface area (Å²) in [5.41, 5.74) is 0. The summed E-state index contributed by atoms with van der Waals surface area (Å²) in [6, 6.07) is 0. The minimum Gasteiger partial charge on any atom is -0.388 e. The Hall–Kier alpha value is -0.550. The normalized spacial score (nSPS) is 19.6. The molecule has 5 heteroatoms. The lowest BCUT2D eigenvalue weighted by Gasteiger charge is -2.27. The van der Waals surface area contributed by atoms with E-state index in [1.165, 1.54) is 25.7 Å². The molecule has 84 valence electrons. The van der Waals surface area contributed by atoms with Gasteiger partial charge in [0.25, 0.3) is 0 Å². The van der Waals surface area contributed by atoms with Crippen molar-refractivity contribution < 1.29 is 5.11 Å². The fraction of sp³-hybridized carbons (Fsp3) is 0.800. The molecule has 0 radical (unpaired) electrons. The van der Waals surface area contributed by atoms with Crippen molar-refractivity contribution in [3.05, 3.63) is 12.2 Å². The molecule has 0 atom stereocenters. The van der Waals surface area contributed by atoms with Crippen LogP contribution in [0.3, 0.4) is 0 Å². The van der Waals surface area contributed by atoms with Gasteiger partial charge in [0.05, 0.1) is 0 Å². The summed E-state index contributed by atoms with van der Waals surface area (Å²) in [5, 5.41) is 16.8. The van der Waals surface area contributed by atoms with Gasteiger partial charge in [0.2, 0.25) is 0 Å². The molecule has 0 spiro atoms. The summed E-state index contributed by atoms with van der Waals surface area (Å²) in [7, 11) is 0. The predicted octanol–water partition coefficient (Wildman–Crippen LogP) is 1.45. The minimum absolute atomic E-state index is 0.0234. The highest BCUT2D eigenvalue weighted by molar-refractivity contribution is 8.00. The van der Waals surface area contributed by atoms with Gasteiger partial charge in [0.1, 0.15) is 12.9 Å². The van der Waals surface area contributed by atoms with Crippen LogP contribution in [0.25, 0.3) is 0 Å². The molecule has 1 aliphatic rings. The number of aliphatic hydroxyl groups excluding tert-OH is 1. The molecule has 1 saturated carbocycles. The second-order valence-corrected chi connectivity index (χ2v) is 5.40. The van der Waals surface area contributed by atoms with Gasteiger partial charge in [0.15, 0.2) is 5.82 Å². The second-order valence-electron chi connectivity index (χ2n) is 4.13. The molecule has 1 aromatic heterocycles. The van der Waals surface area contributed by atoms with Crippen LogP contribution in [-0.4, -0.2) is 30.9 Å². The Labute approximate surface area is 94.1 Å². The van der Waals surface area contributed by atoms with E-state index in [4.69, 9.17) is 5.11 Å². The standard InChI is InChI=1S/C10H17N3OS/c1-15-10(4-2-3-5-10)7-13-8-11-12-9(13)6-14/h8,14H,2-7H2,1H3. The highest BCUT2D eigenvalue weighted by Gasteiger charge is 2.33. The summed E-state index contributed by atoms with van der Waals surface area (Å²) < 4.78 is 2.33. The average Bonchev–Trinajstić information content (AvgIpc) is 2.88. The molecule has 1 N–H and O–H groups in total. The number of nitrogens with zero attached hydrogens (tertiary/aromatic N) is 3. The van der Waals surface area contributed by atoms with E-state index in [0.29, 0.717) is 10.6 Å². The highest BCUT2D eigenvalue weighted by atomic mass is 32.2. The van der Waals surface area contributed by atoms with E-state index in [-0.39, 0.29) is 6.61 Å². The predicted molar refractivity (Wildman–Crippen MR) is 60.7 cm³/mol. The van der Waals surface area contributed by atoms with Crippen molar-refractivity contribution in [2.75, 3.05) is 6.26 Å². The number of aromatic nitrogens is 3. The SMILES string of the molecule is CSC1(Cn2cnnc2CO)CCCC1. The van der Waals surface area contributed by atoms with E-state index in [0.717, 1.165) is 6.54 Å². The summed E-state index contributed by atoms with van der Waals surface area (Å²) in [5.74, 6) is 0.676. The molecular weight excluding hydrogens is 210 g/mol. The minimum atomic E-state index is -0.0234. The molecule has 1 aromatic rings. The van der Waals surface area contributed by atoms with Crippen LogP contribution in [0.1, 0.15) is 31.5 Å². The van der Waals surface area contributed by atoms with E-state index in [1.807, 2.05) is 16.3 Å². The van der Waals surface area contributed by atoms with Crippen LogP contribution in [0.4, 0.5) is 0 Å². The number of thioether (sulfide) groups is 1. The fourth-order valence-electron chi connectivity index (χ4n) is 2.29. The zero-order valence-electron chi connectivity index (χ0n) is 9.02. The molecule has 1 fully saturated rings. The maximum Gasteiger partial charge on any atom is 0.158 e. The molecule has 0 aromatic carbocycles. The fourth-order valence-corrected chi connectivity index (χ4v) is 3.26. The number of rotatable bonds is 4. The third-order valence-electron chi connectivity index (χ3n) is 3.24. The Balaban J connectivity index is 2.12. The van der Waals surface area contributed by atoms with E-state index >= 15 is 0 Å². The van der Waals surface area contributed by atoms with Gasteiger partial charge in [-0.05, 0) is 19.1 Å². The summed E-state index contributed by atoms with van der Waals surface area (Å²) in [6.07, 6.45) is 9.05. The van der Waals surface area contributed by atoms with Crippen LogP contribution in [0.2, 0.25) is 0 Å². The van der Waals surface area contributed by atoms with Crippen molar-refractivity contribution in [1.82, 2.24) is 14.8 Å². The van der Waals surface area contributed by atoms with Crippen LogP contribution in [0.5, 0.6) is 0 Å². The first-order valence-corrected chi connectivity index (χ1v) is 6.55. The van der Waals surface area contributed by atoms with E-state index in [9.17, 15) is 0 Å². The summed E-state index contributed by atoms with van der Waals surface area (Å²) in [6.45, 7) is 0.904. The van der Waals surface area contributed by atoms with Gasteiger partial charge in [-0.1, -0.05) is 12.8 Å². The van der Waals surface area contributed by atoms with Crippen molar-refractivity contribution in [3.63, 3.8) is 0 Å². The Morgan fingerprint density at radius 3 is 2.87 bits per heavy atom. The Morgan fingerprint density at radius 1 is 1.53 bits per heavy atom. The van der Waals surface area contributed by atoms with Crippen molar-refractivity contribution in [2.24, 2.45) is 0 Å². The van der Waals surface area contributed by atoms with Crippen molar-refractivity contribution in [3.8, 4) is 0 Å². The second kappa shape index (κ2) is 4.53. The van der Waals surface area contributed by atoms with Crippen LogP contribution >= 0.6 is 11.8 Å². The molecule has 2 rings (SSSR count). The van der Waals surface area contributed by atoms with Crippen LogP contribution in [-0.2, 0) is 13.2 Å². The van der Waals surface area contributed by atoms with Crippen molar-refractivity contribution in [1.29, 1.82) is 0 Å².